The minimum absolute atomic E-state index is 0. The van der Waals surface area contributed by atoms with Crippen molar-refractivity contribution in [3.63, 3.8) is 0 Å². The summed E-state index contributed by atoms with van der Waals surface area (Å²) < 4.78 is 0. The van der Waals surface area contributed by atoms with Crippen LogP contribution in [0.1, 0.15) is 19.4 Å². The molecule has 1 unspecified atom stereocenters. The minimum Gasteiger partial charge on any atom is -0.383 e. The molecule has 2 rings (SSSR count). The Morgan fingerprint density at radius 2 is 2.24 bits per heavy atom. The summed E-state index contributed by atoms with van der Waals surface area (Å²) >= 11 is 1.52. The number of rotatable bonds is 7. The van der Waals surface area contributed by atoms with Crippen LogP contribution in [0, 0.1) is 0 Å². The molecule has 0 aliphatic carbocycles. The molecule has 1 aliphatic rings. The highest BCUT2D eigenvalue weighted by Crippen LogP contribution is 2.23. The molecule has 140 valence electrons. The van der Waals surface area contributed by atoms with Gasteiger partial charge < -0.3 is 21.1 Å². The van der Waals surface area contributed by atoms with Crippen LogP contribution >= 0.6 is 35.3 Å². The Hall–Kier alpha value is -1.40. The van der Waals surface area contributed by atoms with Gasteiger partial charge in [-0.05, 0) is 36.2 Å². The molecule has 1 aliphatic heterocycles. The molecular formula is C15H24IN5O3S. The first-order valence-electron chi connectivity index (χ1n) is 7.79. The van der Waals surface area contributed by atoms with Crippen molar-refractivity contribution in [1.82, 2.24) is 20.9 Å². The lowest BCUT2D eigenvalue weighted by molar-refractivity contribution is -0.124. The summed E-state index contributed by atoms with van der Waals surface area (Å²) in [5.41, 5.74) is -0.223. The lowest BCUT2D eigenvalue weighted by atomic mass is 10.00. The predicted molar refractivity (Wildman–Crippen MR) is 108 cm³/mol. The number of aliphatic hydroxyl groups is 1. The summed E-state index contributed by atoms with van der Waals surface area (Å²) in [6.07, 6.45) is 0. The smallest absolute Gasteiger partial charge is 0.324 e. The van der Waals surface area contributed by atoms with Crippen molar-refractivity contribution < 1.29 is 14.7 Å². The summed E-state index contributed by atoms with van der Waals surface area (Å²) in [5.74, 6) is 0.296. The molecule has 1 aromatic rings. The molecule has 0 aromatic carbocycles. The number of carbonyl (C=O) groups is 2. The van der Waals surface area contributed by atoms with E-state index in [0.29, 0.717) is 19.0 Å². The number of halogens is 1. The van der Waals surface area contributed by atoms with Crippen molar-refractivity contribution in [2.45, 2.75) is 19.4 Å². The number of amides is 3. The second-order valence-corrected chi connectivity index (χ2v) is 6.39. The molecule has 0 radical (unpaired) electrons. The Labute approximate surface area is 168 Å². The maximum atomic E-state index is 11.5. The number of hydrogen-bond donors (Lipinski definition) is 4. The van der Waals surface area contributed by atoms with Gasteiger partial charge in [0.15, 0.2) is 5.96 Å². The third kappa shape index (κ3) is 6.12. The van der Waals surface area contributed by atoms with Gasteiger partial charge in [-0.25, -0.2) is 9.79 Å². The van der Waals surface area contributed by atoms with Gasteiger partial charge in [0.25, 0.3) is 0 Å². The van der Waals surface area contributed by atoms with E-state index in [0.717, 1.165) is 10.5 Å². The Bertz CT molecular complexity index is 590. The fourth-order valence-electron chi connectivity index (χ4n) is 2.20. The van der Waals surface area contributed by atoms with Gasteiger partial charge in [-0.3, -0.25) is 9.69 Å². The van der Waals surface area contributed by atoms with Gasteiger partial charge in [0.05, 0.1) is 13.1 Å². The van der Waals surface area contributed by atoms with E-state index in [1.165, 1.54) is 11.3 Å². The molecular weight excluding hydrogens is 457 g/mol. The molecule has 8 nitrogen and oxygen atoms in total. The number of aliphatic imine (C=N–C) groups is 1. The number of carbonyl (C=O) groups excluding carboxylic acids is 2. The van der Waals surface area contributed by atoms with Gasteiger partial charge in [0.2, 0.25) is 5.91 Å². The molecule has 0 bridgehead atoms. The Morgan fingerprint density at radius 1 is 1.48 bits per heavy atom. The average Bonchev–Trinajstić information content (AvgIpc) is 3.18. The molecule has 0 spiro atoms. The first-order valence-corrected chi connectivity index (χ1v) is 8.73. The quantitative estimate of drug-likeness (QED) is 0.199. The summed E-state index contributed by atoms with van der Waals surface area (Å²) in [6.45, 7) is 5.21. The molecule has 2 heterocycles. The highest BCUT2D eigenvalue weighted by atomic mass is 127. The largest absolute Gasteiger partial charge is 0.383 e. The second-order valence-electron chi connectivity index (χ2n) is 5.61. The molecule has 1 aromatic heterocycles. The van der Waals surface area contributed by atoms with Crippen LogP contribution in [0.25, 0.3) is 0 Å². The van der Waals surface area contributed by atoms with Crippen molar-refractivity contribution in [2.75, 3.05) is 32.7 Å². The minimum atomic E-state index is -1.05. The molecule has 1 atom stereocenters. The number of nitrogens with zero attached hydrogens (tertiary/aromatic N) is 2. The Kier molecular flexibility index (Phi) is 8.59. The van der Waals surface area contributed by atoms with Crippen molar-refractivity contribution in [3.8, 4) is 0 Å². The molecule has 1 fully saturated rings. The first kappa shape index (κ1) is 21.6. The van der Waals surface area contributed by atoms with Crippen LogP contribution in [0.4, 0.5) is 4.79 Å². The van der Waals surface area contributed by atoms with Crippen LogP contribution in [0.2, 0.25) is 0 Å². The van der Waals surface area contributed by atoms with E-state index in [9.17, 15) is 14.7 Å². The summed E-state index contributed by atoms with van der Waals surface area (Å²) in [7, 11) is 0. The van der Waals surface area contributed by atoms with Crippen LogP contribution in [0.5, 0.6) is 0 Å². The number of hydrogen-bond acceptors (Lipinski definition) is 5. The SMILES string of the molecule is CCNC(=NCC(C)(O)c1ccsc1)NCCN1C(=O)CNC1=O.I. The molecule has 10 heteroatoms. The van der Waals surface area contributed by atoms with Crippen LogP contribution < -0.4 is 16.0 Å². The van der Waals surface area contributed by atoms with Gasteiger partial charge in [0.1, 0.15) is 5.60 Å². The van der Waals surface area contributed by atoms with Crippen molar-refractivity contribution >= 4 is 53.2 Å². The molecule has 1 saturated heterocycles. The fourth-order valence-corrected chi connectivity index (χ4v) is 2.99. The molecule has 0 saturated carbocycles. The normalized spacial score (nSPS) is 16.9. The Morgan fingerprint density at radius 3 is 2.80 bits per heavy atom. The summed E-state index contributed by atoms with van der Waals surface area (Å²) in [4.78, 5) is 28.5. The van der Waals surface area contributed by atoms with Crippen molar-refractivity contribution in [3.05, 3.63) is 22.4 Å². The van der Waals surface area contributed by atoms with Crippen LogP contribution in [-0.4, -0.2) is 60.6 Å². The predicted octanol–water partition coefficient (Wildman–Crippen LogP) is 0.680. The van der Waals surface area contributed by atoms with E-state index >= 15 is 0 Å². The topological polar surface area (TPSA) is 106 Å². The van der Waals surface area contributed by atoms with Crippen molar-refractivity contribution in [1.29, 1.82) is 0 Å². The summed E-state index contributed by atoms with van der Waals surface area (Å²) in [5, 5.41) is 22.9. The van der Waals surface area contributed by atoms with E-state index in [2.05, 4.69) is 20.9 Å². The van der Waals surface area contributed by atoms with Gasteiger partial charge in [-0.2, -0.15) is 11.3 Å². The monoisotopic (exact) mass is 481 g/mol. The Balaban J connectivity index is 0.00000312. The van der Waals surface area contributed by atoms with Crippen LogP contribution in [0.15, 0.2) is 21.8 Å². The third-order valence-electron chi connectivity index (χ3n) is 3.60. The standard InChI is InChI=1S/C15H23N5O3S.HI/c1-3-16-13(17-5-6-20-12(21)8-18-14(20)22)19-10-15(2,23)11-4-7-24-9-11;/h4,7,9,23H,3,5-6,8,10H2,1-2H3,(H,18,22)(H2,16,17,19);1H. The van der Waals surface area contributed by atoms with Gasteiger partial charge >= 0.3 is 6.03 Å². The second kappa shape index (κ2) is 9.92. The first-order chi connectivity index (χ1) is 11.4. The number of urea groups is 1. The van der Waals surface area contributed by atoms with Crippen molar-refractivity contribution in [2.24, 2.45) is 4.99 Å². The number of guanidine groups is 1. The molecule has 25 heavy (non-hydrogen) atoms. The van der Waals surface area contributed by atoms with E-state index in [4.69, 9.17) is 0 Å². The highest BCUT2D eigenvalue weighted by molar-refractivity contribution is 14.0. The zero-order valence-corrected chi connectivity index (χ0v) is 17.4. The van der Waals surface area contributed by atoms with Gasteiger partial charge in [-0.1, -0.05) is 0 Å². The zero-order chi connectivity index (χ0) is 17.6. The lowest BCUT2D eigenvalue weighted by Gasteiger charge is -2.21. The maximum absolute atomic E-state index is 11.5. The molecule has 4 N–H and O–H groups in total. The van der Waals surface area contributed by atoms with Gasteiger partial charge in [0, 0.05) is 19.6 Å². The molecule has 3 amide bonds. The van der Waals surface area contributed by atoms with Crippen LogP contribution in [0.3, 0.4) is 0 Å². The van der Waals surface area contributed by atoms with Crippen LogP contribution in [-0.2, 0) is 10.4 Å². The lowest BCUT2D eigenvalue weighted by Crippen LogP contribution is -2.43. The highest BCUT2D eigenvalue weighted by Gasteiger charge is 2.27. The third-order valence-corrected chi connectivity index (χ3v) is 4.28. The number of nitrogens with one attached hydrogen (secondary N) is 3. The number of imide groups is 1. The zero-order valence-electron chi connectivity index (χ0n) is 14.2. The average molecular weight is 481 g/mol. The number of thiophene rings is 1. The van der Waals surface area contributed by atoms with E-state index in [-0.39, 0.29) is 55.5 Å². The van der Waals surface area contributed by atoms with Gasteiger partial charge in [-0.15, -0.1) is 24.0 Å². The van der Waals surface area contributed by atoms with E-state index in [1.54, 1.807) is 6.92 Å². The van der Waals surface area contributed by atoms with E-state index in [1.807, 2.05) is 23.8 Å². The summed E-state index contributed by atoms with van der Waals surface area (Å²) in [6, 6.07) is 1.50. The van der Waals surface area contributed by atoms with E-state index < -0.39 is 5.60 Å². The fraction of sp³-hybridized carbons (Fsp3) is 0.533. The maximum Gasteiger partial charge on any atom is 0.324 e.